The quantitative estimate of drug-likeness (QED) is 0.867. The summed E-state index contributed by atoms with van der Waals surface area (Å²) in [6.45, 7) is 6.46. The Morgan fingerprint density at radius 3 is 2.68 bits per heavy atom. The van der Waals surface area contributed by atoms with Crippen molar-refractivity contribution in [2.45, 2.75) is 65.0 Å². The second-order valence-corrected chi connectivity index (χ2v) is 6.43. The molecule has 2 aromatic heterocycles. The predicted molar refractivity (Wildman–Crippen MR) is 88.1 cm³/mol. The van der Waals surface area contributed by atoms with Crippen molar-refractivity contribution in [1.82, 2.24) is 14.3 Å². The van der Waals surface area contributed by atoms with Gasteiger partial charge in [-0.2, -0.15) is 0 Å². The van der Waals surface area contributed by atoms with Crippen LogP contribution in [0, 0.1) is 0 Å². The van der Waals surface area contributed by atoms with Gasteiger partial charge in [0.15, 0.2) is 0 Å². The Bertz CT molecular complexity index is 666. The first-order valence-electron chi connectivity index (χ1n) is 8.42. The van der Waals surface area contributed by atoms with Gasteiger partial charge in [-0.05, 0) is 51.7 Å². The highest BCUT2D eigenvalue weighted by Crippen LogP contribution is 2.26. The zero-order valence-corrected chi connectivity index (χ0v) is 13.7. The van der Waals surface area contributed by atoms with Crippen molar-refractivity contribution < 1.29 is 4.79 Å². The molecule has 1 aliphatic rings. The molecule has 0 radical (unpaired) electrons. The van der Waals surface area contributed by atoms with E-state index in [1.165, 1.54) is 6.42 Å². The van der Waals surface area contributed by atoms with E-state index in [1.54, 1.807) is 0 Å². The lowest BCUT2D eigenvalue weighted by Gasteiger charge is -2.39. The maximum absolute atomic E-state index is 13.3. The molecule has 22 heavy (non-hydrogen) atoms. The molecule has 2 unspecified atom stereocenters. The molecule has 1 saturated heterocycles. The fraction of sp³-hybridized carbons (Fsp3) is 0.556. The van der Waals surface area contributed by atoms with E-state index in [0.717, 1.165) is 42.7 Å². The van der Waals surface area contributed by atoms with Crippen molar-refractivity contribution >= 4 is 11.6 Å². The number of hydrogen-bond donors (Lipinski definition) is 0. The van der Waals surface area contributed by atoms with Crippen LogP contribution >= 0.6 is 0 Å². The lowest BCUT2D eigenvalue weighted by Crippen LogP contribution is -2.48. The van der Waals surface area contributed by atoms with Gasteiger partial charge in [-0.1, -0.05) is 19.4 Å². The zero-order valence-electron chi connectivity index (χ0n) is 13.7. The summed E-state index contributed by atoms with van der Waals surface area (Å²) < 4.78 is 1.96. The number of piperidine rings is 1. The third kappa shape index (κ3) is 2.51. The third-order valence-corrected chi connectivity index (χ3v) is 4.72. The van der Waals surface area contributed by atoms with E-state index in [2.05, 4.69) is 30.7 Å². The van der Waals surface area contributed by atoms with Gasteiger partial charge in [-0.3, -0.25) is 9.20 Å². The minimum atomic E-state index is 0.141. The largest absolute Gasteiger partial charge is 0.332 e. The Hall–Kier alpha value is -1.84. The van der Waals surface area contributed by atoms with Crippen LogP contribution in [0.15, 0.2) is 24.4 Å². The number of carbonyl (C=O) groups is 1. The molecule has 3 rings (SSSR count). The number of aromatic nitrogens is 2. The Labute approximate surface area is 132 Å². The summed E-state index contributed by atoms with van der Waals surface area (Å²) in [5, 5.41) is 0. The van der Waals surface area contributed by atoms with Gasteiger partial charge in [0.05, 0.1) is 5.69 Å². The molecule has 0 spiro atoms. The van der Waals surface area contributed by atoms with Gasteiger partial charge in [0.1, 0.15) is 11.3 Å². The van der Waals surface area contributed by atoms with E-state index in [1.807, 2.05) is 28.8 Å². The summed E-state index contributed by atoms with van der Waals surface area (Å²) in [6.07, 6.45) is 7.19. The highest BCUT2D eigenvalue weighted by Gasteiger charge is 2.32. The molecule has 0 N–H and O–H groups in total. The Morgan fingerprint density at radius 2 is 2.00 bits per heavy atom. The Morgan fingerprint density at radius 1 is 1.27 bits per heavy atom. The number of imidazole rings is 1. The van der Waals surface area contributed by atoms with Gasteiger partial charge < -0.3 is 4.90 Å². The van der Waals surface area contributed by atoms with Crippen molar-refractivity contribution in [1.29, 1.82) is 0 Å². The first-order valence-corrected chi connectivity index (χ1v) is 8.42. The van der Waals surface area contributed by atoms with Crippen molar-refractivity contribution in [2.24, 2.45) is 0 Å². The van der Waals surface area contributed by atoms with Crippen LogP contribution in [0.3, 0.4) is 0 Å². The molecule has 4 nitrogen and oxygen atoms in total. The third-order valence-electron chi connectivity index (χ3n) is 4.72. The average Bonchev–Trinajstić information content (AvgIpc) is 2.85. The molecular formula is C18H25N3O. The molecule has 0 aliphatic carbocycles. The van der Waals surface area contributed by atoms with Gasteiger partial charge in [-0.15, -0.1) is 0 Å². The van der Waals surface area contributed by atoms with Crippen molar-refractivity contribution in [3.63, 3.8) is 0 Å². The van der Waals surface area contributed by atoms with Gasteiger partial charge in [0.2, 0.25) is 0 Å². The maximum atomic E-state index is 13.3. The van der Waals surface area contributed by atoms with E-state index in [9.17, 15) is 4.79 Å². The summed E-state index contributed by atoms with van der Waals surface area (Å²) in [6, 6.07) is 6.52. The topological polar surface area (TPSA) is 37.6 Å². The fourth-order valence-corrected chi connectivity index (χ4v) is 3.63. The maximum Gasteiger partial charge on any atom is 0.273 e. The molecule has 0 saturated carbocycles. The predicted octanol–water partition coefficient (Wildman–Crippen LogP) is 3.69. The van der Waals surface area contributed by atoms with Gasteiger partial charge in [-0.25, -0.2) is 4.98 Å². The summed E-state index contributed by atoms with van der Waals surface area (Å²) >= 11 is 0. The van der Waals surface area contributed by atoms with Crippen molar-refractivity contribution in [2.75, 3.05) is 0 Å². The summed E-state index contributed by atoms with van der Waals surface area (Å²) in [7, 11) is 0. The van der Waals surface area contributed by atoms with Crippen LogP contribution in [0.4, 0.5) is 0 Å². The summed E-state index contributed by atoms with van der Waals surface area (Å²) in [4.78, 5) is 20.0. The summed E-state index contributed by atoms with van der Waals surface area (Å²) in [5.74, 6) is 0.141. The minimum Gasteiger partial charge on any atom is -0.332 e. The van der Waals surface area contributed by atoms with E-state index in [-0.39, 0.29) is 5.91 Å². The molecule has 2 aromatic rings. The first kappa shape index (κ1) is 15.1. The number of likely N-dealkylation sites (tertiary alicyclic amines) is 1. The molecule has 1 fully saturated rings. The number of carbonyl (C=O) groups excluding carboxylic acids is 1. The van der Waals surface area contributed by atoms with Crippen LogP contribution in [-0.2, 0) is 6.42 Å². The van der Waals surface area contributed by atoms with Crippen molar-refractivity contribution in [3.8, 4) is 0 Å². The normalized spacial score (nSPS) is 22.2. The summed E-state index contributed by atoms with van der Waals surface area (Å²) in [5.41, 5.74) is 2.56. The number of nitrogens with zero attached hydrogens (tertiary/aromatic N) is 3. The van der Waals surface area contributed by atoms with Crippen LogP contribution < -0.4 is 0 Å². The number of aryl methyl sites for hydroxylation is 1. The molecule has 1 aliphatic heterocycles. The molecule has 2 atom stereocenters. The van der Waals surface area contributed by atoms with Crippen LogP contribution in [0.2, 0.25) is 0 Å². The molecule has 0 aromatic carbocycles. The monoisotopic (exact) mass is 299 g/mol. The second kappa shape index (κ2) is 6.11. The van der Waals surface area contributed by atoms with E-state index < -0.39 is 0 Å². The van der Waals surface area contributed by atoms with E-state index >= 15 is 0 Å². The zero-order chi connectivity index (χ0) is 15.7. The van der Waals surface area contributed by atoms with Crippen LogP contribution in [0.25, 0.3) is 5.65 Å². The lowest BCUT2D eigenvalue weighted by molar-refractivity contribution is 0.0502. The molecule has 1 amide bonds. The van der Waals surface area contributed by atoms with Gasteiger partial charge in [0.25, 0.3) is 5.91 Å². The number of hydrogen-bond acceptors (Lipinski definition) is 2. The minimum absolute atomic E-state index is 0.141. The van der Waals surface area contributed by atoms with Crippen LogP contribution in [0.1, 0.15) is 62.6 Å². The highest BCUT2D eigenvalue weighted by molar-refractivity contribution is 5.95. The molecule has 3 heterocycles. The lowest BCUT2D eigenvalue weighted by atomic mass is 9.96. The number of pyridine rings is 1. The average molecular weight is 299 g/mol. The van der Waals surface area contributed by atoms with E-state index in [0.29, 0.717) is 12.1 Å². The Kier molecular flexibility index (Phi) is 4.19. The molecule has 0 bridgehead atoms. The number of rotatable bonds is 3. The standard InChI is InChI=1S/C18H25N3O/c1-4-8-15-17(20-12-6-5-11-16(20)19-15)18(22)21-13(2)9-7-10-14(21)3/h5-6,11-14H,4,7-10H2,1-3H3. The Balaban J connectivity index is 2.07. The van der Waals surface area contributed by atoms with E-state index in [4.69, 9.17) is 0 Å². The first-order chi connectivity index (χ1) is 10.6. The number of amides is 1. The fourth-order valence-electron chi connectivity index (χ4n) is 3.63. The van der Waals surface area contributed by atoms with Gasteiger partial charge >= 0.3 is 0 Å². The van der Waals surface area contributed by atoms with Crippen LogP contribution in [-0.4, -0.2) is 32.3 Å². The SMILES string of the molecule is CCCc1nc2ccccn2c1C(=O)N1C(C)CCCC1C. The molecule has 4 heteroatoms. The smallest absolute Gasteiger partial charge is 0.273 e. The van der Waals surface area contributed by atoms with Crippen LogP contribution in [0.5, 0.6) is 0 Å². The number of fused-ring (bicyclic) bond motifs is 1. The second-order valence-electron chi connectivity index (χ2n) is 6.43. The molecular weight excluding hydrogens is 274 g/mol. The highest BCUT2D eigenvalue weighted by atomic mass is 16.2. The van der Waals surface area contributed by atoms with Gasteiger partial charge in [0, 0.05) is 18.3 Å². The molecule has 118 valence electrons. The van der Waals surface area contributed by atoms with Crippen molar-refractivity contribution in [3.05, 3.63) is 35.8 Å².